The van der Waals surface area contributed by atoms with E-state index >= 15 is 0 Å². The quantitative estimate of drug-likeness (QED) is 0.745. The number of methoxy groups -OCH3 is 1. The molecule has 0 saturated carbocycles. The Morgan fingerprint density at radius 3 is 2.26 bits per heavy atom. The number of hydrogen-bond acceptors (Lipinski definition) is 4. The Balaban J connectivity index is 3.18. The van der Waals surface area contributed by atoms with Crippen LogP contribution in [0.25, 0.3) is 0 Å². The fraction of sp³-hybridized carbons (Fsp3) is 0.438. The van der Waals surface area contributed by atoms with Crippen molar-refractivity contribution in [2.75, 3.05) is 31.6 Å². The highest BCUT2D eigenvalue weighted by molar-refractivity contribution is 6.34. The summed E-state index contributed by atoms with van der Waals surface area (Å²) < 4.78 is 4.66. The topological polar surface area (TPSA) is 66.9 Å². The lowest BCUT2D eigenvalue weighted by Crippen LogP contribution is -2.42. The normalized spacial score (nSPS) is 10.1. The Morgan fingerprint density at radius 1 is 1.17 bits per heavy atom. The van der Waals surface area contributed by atoms with Gasteiger partial charge in [0.05, 0.1) is 23.4 Å². The molecule has 1 aromatic carbocycles. The molecule has 0 saturated heterocycles. The van der Waals surface area contributed by atoms with E-state index in [1.165, 1.54) is 37.1 Å². The van der Waals surface area contributed by atoms with E-state index in [0.717, 1.165) is 0 Å². The van der Waals surface area contributed by atoms with Gasteiger partial charge in [0.1, 0.15) is 6.54 Å². The van der Waals surface area contributed by atoms with Gasteiger partial charge in [-0.05, 0) is 32.0 Å². The molecule has 0 heterocycles. The van der Waals surface area contributed by atoms with Crippen molar-refractivity contribution in [1.29, 1.82) is 0 Å². The Morgan fingerprint density at radius 2 is 1.78 bits per heavy atom. The number of halogens is 1. The summed E-state index contributed by atoms with van der Waals surface area (Å²) in [6, 6.07) is 4.45. The molecule has 0 aliphatic rings. The molecule has 0 bridgehead atoms. The molecule has 0 atom stereocenters. The third-order valence-corrected chi connectivity index (χ3v) is 3.77. The molecular weight excluding hydrogens is 320 g/mol. The second-order valence-electron chi connectivity index (χ2n) is 4.83. The number of benzene rings is 1. The Bertz CT molecular complexity index is 600. The highest BCUT2D eigenvalue weighted by atomic mass is 35.5. The lowest BCUT2D eigenvalue weighted by Gasteiger charge is -2.26. The highest BCUT2D eigenvalue weighted by Gasteiger charge is 2.22. The Hall–Kier alpha value is -2.08. The zero-order valence-electron chi connectivity index (χ0n) is 13.8. The second-order valence-corrected chi connectivity index (χ2v) is 5.24. The van der Waals surface area contributed by atoms with E-state index in [0.29, 0.717) is 18.8 Å². The summed E-state index contributed by atoms with van der Waals surface area (Å²) in [5.74, 6) is -1.07. The van der Waals surface area contributed by atoms with E-state index in [1.807, 2.05) is 13.8 Å². The maximum atomic E-state index is 12.3. The summed E-state index contributed by atoms with van der Waals surface area (Å²) in [6.07, 6.45) is 0. The van der Waals surface area contributed by atoms with Crippen molar-refractivity contribution in [2.45, 2.75) is 20.8 Å². The number of anilines is 1. The van der Waals surface area contributed by atoms with Gasteiger partial charge in [0.25, 0.3) is 0 Å². The van der Waals surface area contributed by atoms with Crippen LogP contribution in [0.1, 0.15) is 31.1 Å². The van der Waals surface area contributed by atoms with Crippen molar-refractivity contribution in [3.05, 3.63) is 28.8 Å². The Labute approximate surface area is 141 Å². The van der Waals surface area contributed by atoms with Gasteiger partial charge in [0.15, 0.2) is 0 Å². The minimum atomic E-state index is -0.540. The van der Waals surface area contributed by atoms with Crippen molar-refractivity contribution in [3.63, 3.8) is 0 Å². The van der Waals surface area contributed by atoms with E-state index in [2.05, 4.69) is 4.74 Å². The largest absolute Gasteiger partial charge is 0.465 e. The van der Waals surface area contributed by atoms with Crippen molar-refractivity contribution < 1.29 is 19.1 Å². The predicted molar refractivity (Wildman–Crippen MR) is 88.7 cm³/mol. The molecule has 0 aromatic heterocycles. The number of esters is 1. The average molecular weight is 341 g/mol. The molecule has 1 rings (SSSR count). The molecule has 0 fully saturated rings. The van der Waals surface area contributed by atoms with Crippen LogP contribution >= 0.6 is 11.6 Å². The minimum absolute atomic E-state index is 0.138. The SMILES string of the molecule is CCN(CC)C(=O)CN(C(C)=O)c1cc(C(=O)OC)ccc1Cl. The predicted octanol–water partition coefficient (Wildman–Crippen LogP) is 2.35. The van der Waals surface area contributed by atoms with Crippen LogP contribution in [0.3, 0.4) is 0 Å². The van der Waals surface area contributed by atoms with Crippen LogP contribution in [0.15, 0.2) is 18.2 Å². The number of carbonyl (C=O) groups excluding carboxylic acids is 3. The van der Waals surface area contributed by atoms with Gasteiger partial charge in [0.2, 0.25) is 11.8 Å². The Kier molecular flexibility index (Phi) is 7.03. The molecule has 7 heteroatoms. The van der Waals surface area contributed by atoms with E-state index < -0.39 is 5.97 Å². The molecule has 1 aromatic rings. The fourth-order valence-electron chi connectivity index (χ4n) is 2.14. The molecule has 6 nitrogen and oxygen atoms in total. The average Bonchev–Trinajstić information content (AvgIpc) is 2.53. The van der Waals surface area contributed by atoms with Gasteiger partial charge in [-0.2, -0.15) is 0 Å². The van der Waals surface area contributed by atoms with Crippen LogP contribution < -0.4 is 4.90 Å². The summed E-state index contributed by atoms with van der Waals surface area (Å²) in [6.45, 7) is 6.04. The third kappa shape index (κ3) is 4.69. The van der Waals surface area contributed by atoms with Crippen LogP contribution in [0.5, 0.6) is 0 Å². The standard InChI is InChI=1S/C16H21ClN2O4/c1-5-18(6-2)15(21)10-19(11(3)20)14-9-12(16(22)23-4)7-8-13(14)17/h7-9H,5-6,10H2,1-4H3. The second kappa shape index (κ2) is 8.53. The van der Waals surface area contributed by atoms with Crippen LogP contribution in [-0.2, 0) is 14.3 Å². The van der Waals surface area contributed by atoms with Crippen molar-refractivity contribution in [3.8, 4) is 0 Å². The lowest BCUT2D eigenvalue weighted by molar-refractivity contribution is -0.130. The van der Waals surface area contributed by atoms with Crippen LogP contribution in [-0.4, -0.2) is 49.4 Å². The first-order valence-electron chi connectivity index (χ1n) is 7.29. The van der Waals surface area contributed by atoms with Gasteiger partial charge in [-0.3, -0.25) is 9.59 Å². The number of carbonyl (C=O) groups is 3. The molecule has 23 heavy (non-hydrogen) atoms. The smallest absolute Gasteiger partial charge is 0.337 e. The summed E-state index contributed by atoms with van der Waals surface area (Å²) in [7, 11) is 1.27. The summed E-state index contributed by atoms with van der Waals surface area (Å²) in [4.78, 5) is 38.8. The van der Waals surface area contributed by atoms with E-state index in [-0.39, 0.29) is 28.9 Å². The summed E-state index contributed by atoms with van der Waals surface area (Å²) in [5.41, 5.74) is 0.566. The number of likely N-dealkylation sites (N-methyl/N-ethyl adjacent to an activating group) is 1. The summed E-state index contributed by atoms with van der Waals surface area (Å²) >= 11 is 6.14. The molecule has 0 spiro atoms. The monoisotopic (exact) mass is 340 g/mol. The van der Waals surface area contributed by atoms with Crippen molar-refractivity contribution in [2.24, 2.45) is 0 Å². The van der Waals surface area contributed by atoms with Gasteiger partial charge in [-0.25, -0.2) is 4.79 Å². The number of ether oxygens (including phenoxy) is 1. The zero-order valence-corrected chi connectivity index (χ0v) is 14.5. The molecule has 0 N–H and O–H groups in total. The van der Waals surface area contributed by atoms with E-state index in [4.69, 9.17) is 11.6 Å². The first-order valence-corrected chi connectivity index (χ1v) is 7.67. The third-order valence-electron chi connectivity index (χ3n) is 3.45. The fourth-order valence-corrected chi connectivity index (χ4v) is 2.36. The minimum Gasteiger partial charge on any atom is -0.465 e. The van der Waals surface area contributed by atoms with Crippen LogP contribution in [0, 0.1) is 0 Å². The maximum Gasteiger partial charge on any atom is 0.337 e. The lowest BCUT2D eigenvalue weighted by atomic mass is 10.2. The summed E-state index contributed by atoms with van der Waals surface area (Å²) in [5, 5.41) is 0.278. The number of hydrogen-bond donors (Lipinski definition) is 0. The molecular formula is C16H21ClN2O4. The van der Waals surface area contributed by atoms with Crippen molar-refractivity contribution in [1.82, 2.24) is 4.90 Å². The number of amides is 2. The number of nitrogens with zero attached hydrogens (tertiary/aromatic N) is 2. The molecule has 0 aliphatic carbocycles. The van der Waals surface area contributed by atoms with E-state index in [9.17, 15) is 14.4 Å². The first-order chi connectivity index (χ1) is 10.8. The molecule has 0 unspecified atom stereocenters. The van der Waals surface area contributed by atoms with Crippen molar-refractivity contribution >= 4 is 35.1 Å². The highest BCUT2D eigenvalue weighted by Crippen LogP contribution is 2.27. The zero-order chi connectivity index (χ0) is 17.6. The van der Waals surface area contributed by atoms with Gasteiger partial charge in [0, 0.05) is 20.0 Å². The van der Waals surface area contributed by atoms with Gasteiger partial charge >= 0.3 is 5.97 Å². The maximum absolute atomic E-state index is 12.3. The van der Waals surface area contributed by atoms with Crippen LogP contribution in [0.4, 0.5) is 5.69 Å². The molecule has 126 valence electrons. The molecule has 2 amide bonds. The van der Waals surface area contributed by atoms with Gasteiger partial charge < -0.3 is 14.5 Å². The first kappa shape index (κ1) is 19.0. The van der Waals surface area contributed by atoms with Crippen LogP contribution in [0.2, 0.25) is 5.02 Å². The van der Waals surface area contributed by atoms with Gasteiger partial charge in [-0.15, -0.1) is 0 Å². The molecule has 0 aliphatic heterocycles. The van der Waals surface area contributed by atoms with E-state index in [1.54, 1.807) is 4.90 Å². The van der Waals surface area contributed by atoms with Gasteiger partial charge in [-0.1, -0.05) is 11.6 Å². The molecule has 0 radical (unpaired) electrons. The number of rotatable bonds is 6.